The van der Waals surface area contributed by atoms with Gasteiger partial charge in [-0.05, 0) is 45.4 Å². The number of nitrogens with zero attached hydrogens (tertiary/aromatic N) is 1. The van der Waals surface area contributed by atoms with E-state index in [4.69, 9.17) is 4.74 Å². The van der Waals surface area contributed by atoms with E-state index in [0.29, 0.717) is 19.4 Å². The van der Waals surface area contributed by atoms with E-state index in [-0.39, 0.29) is 23.8 Å². The van der Waals surface area contributed by atoms with Crippen LogP contribution in [0, 0.1) is 5.92 Å². The number of fused-ring (bicyclic) bond motifs is 1. The highest BCUT2D eigenvalue weighted by Crippen LogP contribution is 2.40. The third-order valence-corrected chi connectivity index (χ3v) is 5.60. The molecule has 1 aliphatic heterocycles. The minimum absolute atomic E-state index is 0.00817. The third kappa shape index (κ3) is 4.55. The number of ether oxygens (including phenoxy) is 1. The molecule has 0 spiro atoms. The van der Waals surface area contributed by atoms with Crippen LogP contribution in [0.4, 0.5) is 0 Å². The first kappa shape index (κ1) is 20.7. The number of hydrogen-bond donors (Lipinski definition) is 2. The minimum atomic E-state index is -0.935. The van der Waals surface area contributed by atoms with Crippen molar-refractivity contribution in [3.05, 3.63) is 0 Å². The largest absolute Gasteiger partial charge is 0.480 e. The highest BCUT2D eigenvalue weighted by atomic mass is 16.5. The van der Waals surface area contributed by atoms with Crippen molar-refractivity contribution in [3.8, 4) is 0 Å². The van der Waals surface area contributed by atoms with Gasteiger partial charge in [0.1, 0.15) is 12.1 Å². The Kier molecular flexibility index (Phi) is 7.43. The van der Waals surface area contributed by atoms with Crippen LogP contribution in [0.25, 0.3) is 0 Å². The number of carbonyl (C=O) groups excluding carboxylic acids is 2. The Morgan fingerprint density at radius 1 is 1.23 bits per heavy atom. The van der Waals surface area contributed by atoms with Gasteiger partial charge < -0.3 is 14.7 Å². The normalized spacial score (nSPS) is 27.5. The molecule has 5 atom stereocenters. The van der Waals surface area contributed by atoms with Gasteiger partial charge in [0.15, 0.2) is 0 Å². The van der Waals surface area contributed by atoms with E-state index in [0.717, 1.165) is 32.1 Å². The van der Waals surface area contributed by atoms with Crippen molar-refractivity contribution in [1.29, 1.82) is 0 Å². The topological polar surface area (TPSA) is 95.9 Å². The van der Waals surface area contributed by atoms with Crippen molar-refractivity contribution >= 4 is 17.8 Å². The molecule has 2 aliphatic rings. The molecule has 0 radical (unpaired) electrons. The first-order chi connectivity index (χ1) is 12.4. The van der Waals surface area contributed by atoms with Crippen LogP contribution in [0.15, 0.2) is 0 Å². The number of carboxylic acid groups (broad SMARTS) is 1. The Morgan fingerprint density at radius 2 is 1.92 bits per heavy atom. The summed E-state index contributed by atoms with van der Waals surface area (Å²) in [5, 5.41) is 12.7. The molecule has 148 valence electrons. The van der Waals surface area contributed by atoms with Gasteiger partial charge in [-0.2, -0.15) is 0 Å². The number of carbonyl (C=O) groups is 3. The first-order valence-electron chi connectivity index (χ1n) is 9.88. The van der Waals surface area contributed by atoms with Crippen LogP contribution in [0.1, 0.15) is 65.7 Å². The number of likely N-dealkylation sites (tertiary alicyclic amines) is 1. The van der Waals surface area contributed by atoms with Crippen molar-refractivity contribution < 1.29 is 24.2 Å². The monoisotopic (exact) mass is 368 g/mol. The molecular weight excluding hydrogens is 336 g/mol. The van der Waals surface area contributed by atoms with Gasteiger partial charge in [0.25, 0.3) is 0 Å². The fourth-order valence-electron chi connectivity index (χ4n) is 4.39. The summed E-state index contributed by atoms with van der Waals surface area (Å²) in [6.07, 6.45) is 5.87. The van der Waals surface area contributed by atoms with Gasteiger partial charge in [-0.1, -0.05) is 26.2 Å². The highest BCUT2D eigenvalue weighted by Gasteiger charge is 2.48. The van der Waals surface area contributed by atoms with E-state index in [1.165, 1.54) is 0 Å². The van der Waals surface area contributed by atoms with Gasteiger partial charge in [0, 0.05) is 6.04 Å². The van der Waals surface area contributed by atoms with E-state index < -0.39 is 24.1 Å². The van der Waals surface area contributed by atoms with Gasteiger partial charge in [-0.3, -0.25) is 14.9 Å². The molecular formula is C19H32N2O5. The van der Waals surface area contributed by atoms with E-state index in [9.17, 15) is 19.5 Å². The van der Waals surface area contributed by atoms with Crippen LogP contribution in [0.3, 0.4) is 0 Å². The van der Waals surface area contributed by atoms with Crippen molar-refractivity contribution in [1.82, 2.24) is 10.2 Å². The molecule has 2 rings (SSSR count). The lowest BCUT2D eigenvalue weighted by molar-refractivity contribution is -0.152. The minimum Gasteiger partial charge on any atom is -0.480 e. The number of hydrogen-bond acceptors (Lipinski definition) is 5. The van der Waals surface area contributed by atoms with Crippen LogP contribution in [-0.2, 0) is 19.1 Å². The summed E-state index contributed by atoms with van der Waals surface area (Å²) in [4.78, 5) is 38.5. The molecule has 2 N–H and O–H groups in total. The highest BCUT2D eigenvalue weighted by molar-refractivity contribution is 5.88. The van der Waals surface area contributed by atoms with E-state index in [1.807, 2.05) is 6.92 Å². The second-order valence-electron chi connectivity index (χ2n) is 7.43. The van der Waals surface area contributed by atoms with Crippen LogP contribution >= 0.6 is 0 Å². The SMILES string of the molecule is CCC[C@@H](N[C@@H](C)C(=O)N1[C@@H](C(=O)O)C[C@H]2CCCC[C@H]21)C(=O)OCC. The van der Waals surface area contributed by atoms with Crippen LogP contribution < -0.4 is 5.32 Å². The summed E-state index contributed by atoms with van der Waals surface area (Å²) in [5.41, 5.74) is 0. The van der Waals surface area contributed by atoms with Gasteiger partial charge in [0.05, 0.1) is 12.6 Å². The molecule has 1 heterocycles. The zero-order valence-electron chi connectivity index (χ0n) is 16.1. The van der Waals surface area contributed by atoms with Crippen molar-refractivity contribution in [2.45, 2.75) is 89.9 Å². The molecule has 1 aliphatic carbocycles. The molecule has 1 saturated carbocycles. The Labute approximate surface area is 155 Å². The van der Waals surface area contributed by atoms with Crippen LogP contribution in [0.2, 0.25) is 0 Å². The predicted octanol–water partition coefficient (Wildman–Crippen LogP) is 1.94. The molecule has 0 bridgehead atoms. The summed E-state index contributed by atoms with van der Waals surface area (Å²) >= 11 is 0. The van der Waals surface area contributed by atoms with Crippen molar-refractivity contribution in [3.63, 3.8) is 0 Å². The summed E-state index contributed by atoms with van der Waals surface area (Å²) in [5.74, 6) is -1.24. The van der Waals surface area contributed by atoms with Crippen LogP contribution in [-0.4, -0.2) is 58.6 Å². The molecule has 0 aromatic rings. The molecule has 1 saturated heterocycles. The molecule has 1 amide bonds. The number of aliphatic carboxylic acids is 1. The van der Waals surface area contributed by atoms with E-state index in [2.05, 4.69) is 5.32 Å². The van der Waals surface area contributed by atoms with E-state index in [1.54, 1.807) is 18.7 Å². The van der Waals surface area contributed by atoms with Gasteiger partial charge in [0.2, 0.25) is 5.91 Å². The number of amides is 1. The number of rotatable bonds is 8. The zero-order chi connectivity index (χ0) is 19.3. The predicted molar refractivity (Wildman–Crippen MR) is 96.6 cm³/mol. The number of nitrogens with one attached hydrogen (secondary N) is 1. The fourth-order valence-corrected chi connectivity index (χ4v) is 4.39. The molecule has 7 nitrogen and oxygen atoms in total. The third-order valence-electron chi connectivity index (χ3n) is 5.60. The maximum atomic E-state index is 13.1. The fraction of sp³-hybridized carbons (Fsp3) is 0.842. The summed E-state index contributed by atoms with van der Waals surface area (Å²) < 4.78 is 5.09. The van der Waals surface area contributed by atoms with Gasteiger partial charge in [-0.25, -0.2) is 4.79 Å². The van der Waals surface area contributed by atoms with Crippen molar-refractivity contribution in [2.24, 2.45) is 5.92 Å². The van der Waals surface area contributed by atoms with Gasteiger partial charge in [-0.15, -0.1) is 0 Å². The number of esters is 1. The Hall–Kier alpha value is -1.63. The van der Waals surface area contributed by atoms with Crippen molar-refractivity contribution in [2.75, 3.05) is 6.61 Å². The molecule has 0 aromatic carbocycles. The Bertz CT molecular complexity index is 524. The Balaban J connectivity index is 2.10. The summed E-state index contributed by atoms with van der Waals surface area (Å²) in [7, 11) is 0. The number of carboxylic acids is 1. The molecule has 26 heavy (non-hydrogen) atoms. The Morgan fingerprint density at radius 3 is 2.54 bits per heavy atom. The maximum absolute atomic E-state index is 13.1. The van der Waals surface area contributed by atoms with Gasteiger partial charge >= 0.3 is 11.9 Å². The zero-order valence-corrected chi connectivity index (χ0v) is 16.1. The molecule has 0 unspecified atom stereocenters. The smallest absolute Gasteiger partial charge is 0.326 e. The lowest BCUT2D eigenvalue weighted by atomic mass is 9.84. The lowest BCUT2D eigenvalue weighted by Gasteiger charge is -2.35. The molecule has 2 fully saturated rings. The summed E-state index contributed by atoms with van der Waals surface area (Å²) in [6, 6.07) is -1.92. The standard InChI is InChI=1S/C19H32N2O5/c1-4-8-14(19(25)26-5-2)20-12(3)17(22)21-15-10-7-6-9-13(15)11-16(21)18(23)24/h12-16,20H,4-11H2,1-3H3,(H,23,24)/t12-,13+,14+,15+,16+/m0/s1. The molecule has 7 heteroatoms. The summed E-state index contributed by atoms with van der Waals surface area (Å²) in [6.45, 7) is 5.72. The average molecular weight is 368 g/mol. The lowest BCUT2D eigenvalue weighted by Crippen LogP contribution is -2.55. The van der Waals surface area contributed by atoms with E-state index >= 15 is 0 Å². The quantitative estimate of drug-likeness (QED) is 0.636. The second-order valence-corrected chi connectivity index (χ2v) is 7.43. The van der Waals surface area contributed by atoms with Crippen LogP contribution in [0.5, 0.6) is 0 Å². The average Bonchev–Trinajstić information content (AvgIpc) is 3.00. The first-order valence-corrected chi connectivity index (χ1v) is 9.88. The molecule has 0 aromatic heterocycles. The second kappa shape index (κ2) is 9.35. The maximum Gasteiger partial charge on any atom is 0.326 e.